The Hall–Kier alpha value is -0.900. The summed E-state index contributed by atoms with van der Waals surface area (Å²) < 4.78 is 11.1. The van der Waals surface area contributed by atoms with E-state index in [9.17, 15) is 0 Å². The highest BCUT2D eigenvalue weighted by molar-refractivity contribution is 9.09. The summed E-state index contributed by atoms with van der Waals surface area (Å²) in [5.41, 5.74) is 3.16. The molecule has 1 aromatic carbocycles. The van der Waals surface area contributed by atoms with Crippen LogP contribution in [0, 0.1) is 6.92 Å². The number of nitrogens with zero attached hydrogens (tertiary/aromatic N) is 1. The average molecular weight is 272 g/mol. The molecule has 15 heavy (non-hydrogen) atoms. The molecule has 0 N–H and O–H groups in total. The molecule has 0 spiro atoms. The van der Waals surface area contributed by atoms with E-state index in [2.05, 4.69) is 27.8 Å². The van der Waals surface area contributed by atoms with Gasteiger partial charge in [0, 0.05) is 18.8 Å². The minimum Gasteiger partial charge on any atom is -0.486 e. The predicted octanol–water partition coefficient (Wildman–Crippen LogP) is 2.55. The Kier molecular flexibility index (Phi) is 3.05. The van der Waals surface area contributed by atoms with Crippen molar-refractivity contribution in [3.8, 4) is 11.5 Å². The largest absolute Gasteiger partial charge is 0.486 e. The first-order chi connectivity index (χ1) is 7.22. The second kappa shape index (κ2) is 4.31. The topological polar surface area (TPSA) is 21.7 Å². The Morgan fingerprint density at radius 1 is 1.27 bits per heavy atom. The summed E-state index contributed by atoms with van der Waals surface area (Å²) in [5, 5.41) is 0. The van der Waals surface area contributed by atoms with Crippen molar-refractivity contribution < 1.29 is 9.47 Å². The van der Waals surface area contributed by atoms with E-state index < -0.39 is 0 Å². The summed E-state index contributed by atoms with van der Waals surface area (Å²) in [5.74, 6) is 1.69. The average Bonchev–Trinajstić information content (AvgIpc) is 2.27. The van der Waals surface area contributed by atoms with Crippen LogP contribution in [-0.2, 0) is 0 Å². The van der Waals surface area contributed by atoms with Crippen LogP contribution in [0.4, 0.5) is 5.69 Å². The highest BCUT2D eigenvalue weighted by Crippen LogP contribution is 2.36. The summed E-state index contributed by atoms with van der Waals surface area (Å²) >= 11 is 3.44. The Balaban J connectivity index is 2.40. The van der Waals surface area contributed by atoms with Crippen LogP contribution in [0.3, 0.4) is 0 Å². The first-order valence-corrected chi connectivity index (χ1v) is 6.02. The van der Waals surface area contributed by atoms with Crippen LogP contribution < -0.4 is 14.4 Å². The molecule has 0 radical (unpaired) electrons. The summed E-state index contributed by atoms with van der Waals surface area (Å²) in [6.45, 7) is 3.35. The minimum atomic E-state index is 0.632. The number of hydrogen-bond acceptors (Lipinski definition) is 3. The standard InChI is InChI=1S/C11H14BrNO2/c1-8-5-10-11(15-4-3-14-10)6-9(8)13(2)7-12/h5-6H,3-4,7H2,1-2H3. The molecule has 0 saturated heterocycles. The summed E-state index contributed by atoms with van der Waals surface area (Å²) in [7, 11) is 2.03. The Bertz CT molecular complexity index is 368. The highest BCUT2D eigenvalue weighted by atomic mass is 79.9. The van der Waals surface area contributed by atoms with Crippen molar-refractivity contribution >= 4 is 21.6 Å². The summed E-state index contributed by atoms with van der Waals surface area (Å²) in [6.07, 6.45) is 0. The molecule has 0 fully saturated rings. The zero-order valence-corrected chi connectivity index (χ0v) is 10.5. The normalized spacial score (nSPS) is 13.8. The first-order valence-electron chi connectivity index (χ1n) is 4.89. The number of hydrogen-bond donors (Lipinski definition) is 0. The lowest BCUT2D eigenvalue weighted by atomic mass is 10.1. The van der Waals surface area contributed by atoms with Gasteiger partial charge in [0.05, 0.1) is 5.45 Å². The number of benzene rings is 1. The SMILES string of the molecule is Cc1cc2c(cc1N(C)CBr)OCCO2. The van der Waals surface area contributed by atoms with E-state index in [0.29, 0.717) is 13.2 Å². The van der Waals surface area contributed by atoms with Gasteiger partial charge in [-0.25, -0.2) is 0 Å². The third-order valence-corrected chi connectivity index (χ3v) is 3.20. The molecule has 0 amide bonds. The van der Waals surface area contributed by atoms with Crippen molar-refractivity contribution in [1.29, 1.82) is 0 Å². The van der Waals surface area contributed by atoms with Gasteiger partial charge < -0.3 is 14.4 Å². The van der Waals surface area contributed by atoms with E-state index in [0.717, 1.165) is 22.6 Å². The van der Waals surface area contributed by atoms with Crippen LogP contribution in [0.15, 0.2) is 12.1 Å². The van der Waals surface area contributed by atoms with Gasteiger partial charge in [-0.1, -0.05) is 15.9 Å². The lowest BCUT2D eigenvalue weighted by Gasteiger charge is -2.24. The Morgan fingerprint density at radius 3 is 2.47 bits per heavy atom. The fourth-order valence-electron chi connectivity index (χ4n) is 1.66. The van der Waals surface area contributed by atoms with Gasteiger partial charge in [-0.15, -0.1) is 0 Å². The molecule has 0 aliphatic carbocycles. The van der Waals surface area contributed by atoms with Crippen molar-refractivity contribution in [2.45, 2.75) is 6.92 Å². The van der Waals surface area contributed by atoms with E-state index in [4.69, 9.17) is 9.47 Å². The van der Waals surface area contributed by atoms with Gasteiger partial charge in [0.25, 0.3) is 0 Å². The summed E-state index contributed by atoms with van der Waals surface area (Å²) in [4.78, 5) is 2.12. The smallest absolute Gasteiger partial charge is 0.163 e. The zero-order chi connectivity index (χ0) is 10.8. The van der Waals surface area contributed by atoms with Crippen molar-refractivity contribution in [3.63, 3.8) is 0 Å². The fourth-order valence-corrected chi connectivity index (χ4v) is 1.93. The molecule has 0 atom stereocenters. The number of rotatable bonds is 2. The van der Waals surface area contributed by atoms with Gasteiger partial charge >= 0.3 is 0 Å². The molecular formula is C11H14BrNO2. The Labute approximate surface area is 98.1 Å². The molecule has 1 heterocycles. The van der Waals surface area contributed by atoms with Crippen molar-refractivity contribution in [3.05, 3.63) is 17.7 Å². The highest BCUT2D eigenvalue weighted by Gasteiger charge is 2.15. The number of anilines is 1. The third-order valence-electron chi connectivity index (χ3n) is 2.45. The quantitative estimate of drug-likeness (QED) is 0.610. The maximum absolute atomic E-state index is 5.55. The number of halogens is 1. The van der Waals surface area contributed by atoms with Crippen molar-refractivity contribution in [1.82, 2.24) is 0 Å². The van der Waals surface area contributed by atoms with Gasteiger partial charge in [-0.3, -0.25) is 0 Å². The first kappa shape index (κ1) is 10.6. The van der Waals surface area contributed by atoms with E-state index >= 15 is 0 Å². The maximum Gasteiger partial charge on any atom is 0.163 e. The van der Waals surface area contributed by atoms with E-state index in [1.54, 1.807) is 0 Å². The van der Waals surface area contributed by atoms with Gasteiger partial charge in [0.1, 0.15) is 13.2 Å². The van der Waals surface area contributed by atoms with Crippen LogP contribution in [0.25, 0.3) is 0 Å². The van der Waals surface area contributed by atoms with Crippen LogP contribution in [0.1, 0.15) is 5.56 Å². The van der Waals surface area contributed by atoms with Crippen LogP contribution in [0.5, 0.6) is 11.5 Å². The van der Waals surface area contributed by atoms with Crippen LogP contribution >= 0.6 is 15.9 Å². The second-order valence-electron chi connectivity index (χ2n) is 3.60. The molecule has 0 unspecified atom stereocenters. The molecule has 4 heteroatoms. The van der Waals surface area contributed by atoms with Gasteiger partial charge in [0.2, 0.25) is 0 Å². The monoisotopic (exact) mass is 271 g/mol. The molecular weight excluding hydrogens is 258 g/mol. The molecule has 1 aliphatic heterocycles. The number of ether oxygens (including phenoxy) is 2. The third kappa shape index (κ3) is 2.04. The lowest BCUT2D eigenvalue weighted by molar-refractivity contribution is 0.171. The summed E-state index contributed by atoms with van der Waals surface area (Å²) in [6, 6.07) is 4.06. The maximum atomic E-state index is 5.55. The number of fused-ring (bicyclic) bond motifs is 1. The van der Waals surface area contributed by atoms with Crippen LogP contribution in [0.2, 0.25) is 0 Å². The van der Waals surface area contributed by atoms with Gasteiger partial charge in [0.15, 0.2) is 11.5 Å². The molecule has 0 bridgehead atoms. The van der Waals surface area contributed by atoms with Gasteiger partial charge in [-0.2, -0.15) is 0 Å². The number of alkyl halides is 1. The molecule has 0 saturated carbocycles. The lowest BCUT2D eigenvalue weighted by Crippen LogP contribution is -2.18. The predicted molar refractivity (Wildman–Crippen MR) is 64.4 cm³/mol. The van der Waals surface area contributed by atoms with E-state index in [1.807, 2.05) is 19.2 Å². The van der Waals surface area contributed by atoms with E-state index in [-0.39, 0.29) is 0 Å². The molecule has 1 aliphatic rings. The molecule has 0 aromatic heterocycles. The second-order valence-corrected chi connectivity index (χ2v) is 4.10. The van der Waals surface area contributed by atoms with E-state index in [1.165, 1.54) is 5.56 Å². The van der Waals surface area contributed by atoms with Crippen molar-refractivity contribution in [2.75, 3.05) is 30.6 Å². The fraction of sp³-hybridized carbons (Fsp3) is 0.455. The molecule has 3 nitrogen and oxygen atoms in total. The van der Waals surface area contributed by atoms with Crippen molar-refractivity contribution in [2.24, 2.45) is 0 Å². The molecule has 2 rings (SSSR count). The molecule has 82 valence electrons. The number of aryl methyl sites for hydroxylation is 1. The Morgan fingerprint density at radius 2 is 1.87 bits per heavy atom. The minimum absolute atomic E-state index is 0.632. The van der Waals surface area contributed by atoms with Crippen LogP contribution in [-0.4, -0.2) is 25.7 Å². The molecule has 1 aromatic rings. The zero-order valence-electron chi connectivity index (χ0n) is 8.92. The van der Waals surface area contributed by atoms with Gasteiger partial charge in [-0.05, 0) is 18.6 Å².